The van der Waals surface area contributed by atoms with Crippen molar-refractivity contribution in [1.29, 1.82) is 0 Å². The van der Waals surface area contributed by atoms with Crippen LogP contribution in [-0.2, 0) is 4.79 Å². The molecule has 1 aliphatic rings. The summed E-state index contributed by atoms with van der Waals surface area (Å²) in [7, 11) is 0. The summed E-state index contributed by atoms with van der Waals surface area (Å²) >= 11 is 5.90. The van der Waals surface area contributed by atoms with E-state index in [9.17, 15) is 4.79 Å². The fourth-order valence-corrected chi connectivity index (χ4v) is 2.43. The summed E-state index contributed by atoms with van der Waals surface area (Å²) in [6.07, 6.45) is 2.58. The second kappa shape index (κ2) is 6.32. The van der Waals surface area contributed by atoms with Crippen LogP contribution in [0.5, 0.6) is 0 Å². The molecule has 2 aromatic rings. The largest absolute Gasteiger partial charge is 0.359 e. The Kier molecular flexibility index (Phi) is 4.24. The molecule has 0 spiro atoms. The van der Waals surface area contributed by atoms with Crippen molar-refractivity contribution in [2.24, 2.45) is 0 Å². The lowest BCUT2D eigenvalue weighted by atomic mass is 10.1. The number of halogens is 1. The molecule has 0 bridgehead atoms. The Balaban J connectivity index is 1.73. The average Bonchev–Trinajstić information content (AvgIpc) is 2.46. The monoisotopic (exact) mass is 316 g/mol. The molecule has 1 atom stereocenters. The molecule has 1 aromatic heterocycles. The number of amides is 1. The highest BCUT2D eigenvalue weighted by Crippen LogP contribution is 2.21. The Morgan fingerprint density at radius 3 is 2.64 bits per heavy atom. The third kappa shape index (κ3) is 3.20. The van der Waals surface area contributed by atoms with E-state index in [0.717, 1.165) is 30.8 Å². The highest BCUT2D eigenvalue weighted by atomic mass is 35.5. The number of anilines is 1. The minimum absolute atomic E-state index is 0.109. The average molecular weight is 317 g/mol. The van der Waals surface area contributed by atoms with Crippen LogP contribution in [-0.4, -0.2) is 39.9 Å². The van der Waals surface area contributed by atoms with Crippen molar-refractivity contribution in [3.05, 3.63) is 41.7 Å². The van der Waals surface area contributed by atoms with Gasteiger partial charge in [0.25, 0.3) is 0 Å². The molecule has 1 aliphatic heterocycles. The Hall–Kier alpha value is -2.14. The molecule has 1 aromatic carbocycles. The normalized spacial score (nSPS) is 15.1. The maximum atomic E-state index is 12.1. The van der Waals surface area contributed by atoms with Crippen LogP contribution in [0.3, 0.4) is 0 Å². The SMILES string of the molecule is C[C@@H](Nc1cc(-c2ccc(Cl)cc2)ncn1)C(=O)N1CCC1. The number of nitrogens with one attached hydrogen (secondary N) is 1. The van der Waals surface area contributed by atoms with Gasteiger partial charge in [-0.2, -0.15) is 0 Å². The number of likely N-dealkylation sites (tertiary alicyclic amines) is 1. The molecule has 5 nitrogen and oxygen atoms in total. The third-order valence-corrected chi connectivity index (χ3v) is 3.96. The summed E-state index contributed by atoms with van der Waals surface area (Å²) in [5.41, 5.74) is 1.74. The first-order chi connectivity index (χ1) is 10.6. The molecular weight excluding hydrogens is 300 g/mol. The smallest absolute Gasteiger partial charge is 0.244 e. The highest BCUT2D eigenvalue weighted by molar-refractivity contribution is 6.30. The van der Waals surface area contributed by atoms with E-state index in [0.29, 0.717) is 10.8 Å². The number of carbonyl (C=O) groups excluding carboxylic acids is 1. The van der Waals surface area contributed by atoms with Gasteiger partial charge >= 0.3 is 0 Å². The second-order valence-electron chi connectivity index (χ2n) is 5.34. The first-order valence-corrected chi connectivity index (χ1v) is 7.64. The molecule has 0 radical (unpaired) electrons. The maximum Gasteiger partial charge on any atom is 0.244 e. The summed E-state index contributed by atoms with van der Waals surface area (Å²) < 4.78 is 0. The van der Waals surface area contributed by atoms with Gasteiger partial charge in [0, 0.05) is 29.7 Å². The zero-order valence-corrected chi connectivity index (χ0v) is 13.0. The summed E-state index contributed by atoms with van der Waals surface area (Å²) in [4.78, 5) is 22.4. The summed E-state index contributed by atoms with van der Waals surface area (Å²) in [6, 6.07) is 8.99. The molecule has 22 heavy (non-hydrogen) atoms. The van der Waals surface area contributed by atoms with E-state index in [1.807, 2.05) is 42.2 Å². The lowest BCUT2D eigenvalue weighted by Gasteiger charge is -2.33. The zero-order chi connectivity index (χ0) is 15.5. The molecule has 2 heterocycles. The van der Waals surface area contributed by atoms with Crippen molar-refractivity contribution >= 4 is 23.3 Å². The zero-order valence-electron chi connectivity index (χ0n) is 12.3. The van der Waals surface area contributed by atoms with Crippen LogP contribution in [0.2, 0.25) is 5.02 Å². The molecule has 0 saturated carbocycles. The molecule has 114 valence electrons. The number of nitrogens with zero attached hydrogens (tertiary/aromatic N) is 3. The van der Waals surface area contributed by atoms with E-state index >= 15 is 0 Å². The van der Waals surface area contributed by atoms with E-state index in [2.05, 4.69) is 15.3 Å². The predicted octanol–water partition coefficient (Wildman–Crippen LogP) is 2.83. The van der Waals surface area contributed by atoms with E-state index in [4.69, 9.17) is 11.6 Å². The Labute approximate surface area is 134 Å². The highest BCUT2D eigenvalue weighted by Gasteiger charge is 2.25. The third-order valence-electron chi connectivity index (χ3n) is 3.71. The quantitative estimate of drug-likeness (QED) is 0.942. The fraction of sp³-hybridized carbons (Fsp3) is 0.312. The molecule has 0 unspecified atom stereocenters. The fourth-order valence-electron chi connectivity index (χ4n) is 2.31. The van der Waals surface area contributed by atoms with Gasteiger partial charge in [-0.25, -0.2) is 9.97 Å². The summed E-state index contributed by atoms with van der Waals surface area (Å²) in [6.45, 7) is 3.56. The number of carbonyl (C=O) groups is 1. The molecule has 1 N–H and O–H groups in total. The van der Waals surface area contributed by atoms with Crippen LogP contribution in [0.15, 0.2) is 36.7 Å². The second-order valence-corrected chi connectivity index (χ2v) is 5.78. The van der Waals surface area contributed by atoms with E-state index < -0.39 is 0 Å². The van der Waals surface area contributed by atoms with Gasteiger partial charge in [-0.1, -0.05) is 23.7 Å². The first kappa shape index (κ1) is 14.8. The molecule has 6 heteroatoms. The molecule has 1 amide bonds. The minimum Gasteiger partial charge on any atom is -0.359 e. The Bertz CT molecular complexity index is 670. The Morgan fingerprint density at radius 2 is 2.00 bits per heavy atom. The van der Waals surface area contributed by atoms with Crippen LogP contribution in [0.4, 0.5) is 5.82 Å². The van der Waals surface area contributed by atoms with Crippen molar-refractivity contribution in [2.75, 3.05) is 18.4 Å². The van der Waals surface area contributed by atoms with Crippen molar-refractivity contribution in [2.45, 2.75) is 19.4 Å². The molecular formula is C16H17ClN4O. The van der Waals surface area contributed by atoms with Crippen LogP contribution in [0.25, 0.3) is 11.3 Å². The van der Waals surface area contributed by atoms with E-state index in [-0.39, 0.29) is 11.9 Å². The van der Waals surface area contributed by atoms with Gasteiger partial charge in [0.1, 0.15) is 18.2 Å². The number of rotatable bonds is 4. The van der Waals surface area contributed by atoms with Crippen molar-refractivity contribution < 1.29 is 4.79 Å². The van der Waals surface area contributed by atoms with Crippen LogP contribution in [0.1, 0.15) is 13.3 Å². The van der Waals surface area contributed by atoms with Gasteiger partial charge < -0.3 is 10.2 Å². The van der Waals surface area contributed by atoms with Crippen LogP contribution < -0.4 is 5.32 Å². The van der Waals surface area contributed by atoms with Crippen LogP contribution in [0, 0.1) is 0 Å². The topological polar surface area (TPSA) is 58.1 Å². The van der Waals surface area contributed by atoms with Gasteiger partial charge in [-0.3, -0.25) is 4.79 Å². The van der Waals surface area contributed by atoms with Gasteiger partial charge in [-0.15, -0.1) is 0 Å². The van der Waals surface area contributed by atoms with Gasteiger partial charge in [0.05, 0.1) is 5.69 Å². The first-order valence-electron chi connectivity index (χ1n) is 7.27. The van der Waals surface area contributed by atoms with E-state index in [1.54, 1.807) is 0 Å². The number of aromatic nitrogens is 2. The summed E-state index contributed by atoms with van der Waals surface area (Å²) in [5.74, 6) is 0.749. The molecule has 1 saturated heterocycles. The molecule has 0 aliphatic carbocycles. The maximum absolute atomic E-state index is 12.1. The van der Waals surface area contributed by atoms with Gasteiger partial charge in [0.15, 0.2) is 0 Å². The Morgan fingerprint density at radius 1 is 1.27 bits per heavy atom. The minimum atomic E-state index is -0.298. The lowest BCUT2D eigenvalue weighted by Crippen LogP contribution is -2.48. The van der Waals surface area contributed by atoms with Crippen molar-refractivity contribution in [3.63, 3.8) is 0 Å². The van der Waals surface area contributed by atoms with Crippen LogP contribution >= 0.6 is 11.6 Å². The number of hydrogen-bond acceptors (Lipinski definition) is 4. The summed E-state index contributed by atoms with van der Waals surface area (Å²) in [5, 5.41) is 3.83. The van der Waals surface area contributed by atoms with Crippen molar-refractivity contribution in [1.82, 2.24) is 14.9 Å². The number of benzene rings is 1. The van der Waals surface area contributed by atoms with Gasteiger partial charge in [0.2, 0.25) is 5.91 Å². The van der Waals surface area contributed by atoms with Crippen molar-refractivity contribution in [3.8, 4) is 11.3 Å². The predicted molar refractivity (Wildman–Crippen MR) is 86.8 cm³/mol. The van der Waals surface area contributed by atoms with Gasteiger partial charge in [-0.05, 0) is 25.5 Å². The molecule has 3 rings (SSSR count). The molecule has 1 fully saturated rings. The van der Waals surface area contributed by atoms with E-state index in [1.165, 1.54) is 6.33 Å². The number of hydrogen-bond donors (Lipinski definition) is 1. The lowest BCUT2D eigenvalue weighted by molar-refractivity contribution is -0.135. The standard InChI is InChI=1S/C16H17ClN4O/c1-11(16(22)21-7-2-8-21)20-15-9-14(18-10-19-15)12-3-5-13(17)6-4-12/h3-6,9-11H,2,7-8H2,1H3,(H,18,19,20)/t11-/m1/s1.